The molecule has 27 heavy (non-hydrogen) atoms. The first-order chi connectivity index (χ1) is 13.0. The first kappa shape index (κ1) is 18.3. The zero-order chi connectivity index (χ0) is 19.2. The lowest BCUT2D eigenvalue weighted by atomic mass is 10.2. The molecule has 0 atom stereocenters. The number of carbonyl (C=O) groups is 1. The van der Waals surface area contributed by atoms with Gasteiger partial charge in [-0.2, -0.15) is 5.10 Å². The maximum atomic E-state index is 11.9. The zero-order valence-corrected chi connectivity index (χ0v) is 14.8. The molecule has 136 valence electrons. The standard InChI is InChI=1S/C19H15ClN4O3/c20-16-5-7-17(8-6-16)23-13-15(12-22-23)11-21-19(25)9-4-14-2-1-3-18(10-14)24(26)27/h1-10,12-13H,11H2,(H,21,25)/b9-4+. The molecule has 1 aromatic heterocycles. The van der Waals surface area contributed by atoms with E-state index in [-0.39, 0.29) is 11.6 Å². The number of nitro groups is 1. The van der Waals surface area contributed by atoms with Crippen molar-refractivity contribution in [3.05, 3.63) is 93.3 Å². The number of nitrogens with one attached hydrogen (secondary N) is 1. The minimum Gasteiger partial charge on any atom is -0.348 e. The molecule has 0 aliphatic rings. The molecular formula is C19H15ClN4O3. The minimum absolute atomic E-state index is 0.0211. The molecule has 1 heterocycles. The number of nitrogens with zero attached hydrogens (tertiary/aromatic N) is 3. The van der Waals surface area contributed by atoms with Crippen LogP contribution in [0.2, 0.25) is 5.02 Å². The second-order valence-electron chi connectivity index (χ2n) is 5.67. The van der Waals surface area contributed by atoms with Gasteiger partial charge in [0.1, 0.15) is 0 Å². The van der Waals surface area contributed by atoms with Crippen LogP contribution in [-0.4, -0.2) is 20.6 Å². The van der Waals surface area contributed by atoms with Crippen LogP contribution in [0.1, 0.15) is 11.1 Å². The second-order valence-corrected chi connectivity index (χ2v) is 6.11. The van der Waals surface area contributed by atoms with Gasteiger partial charge in [-0.05, 0) is 35.9 Å². The van der Waals surface area contributed by atoms with Crippen molar-refractivity contribution >= 4 is 29.3 Å². The Hall–Kier alpha value is -3.45. The average molecular weight is 383 g/mol. The molecule has 7 nitrogen and oxygen atoms in total. The van der Waals surface area contributed by atoms with E-state index in [4.69, 9.17) is 11.6 Å². The van der Waals surface area contributed by atoms with Crippen molar-refractivity contribution < 1.29 is 9.72 Å². The van der Waals surface area contributed by atoms with Crippen LogP contribution in [0.25, 0.3) is 11.8 Å². The molecule has 0 spiro atoms. The fourth-order valence-electron chi connectivity index (χ4n) is 2.35. The fourth-order valence-corrected chi connectivity index (χ4v) is 2.47. The van der Waals surface area contributed by atoms with Crippen molar-refractivity contribution in [3.8, 4) is 5.69 Å². The molecule has 0 fully saturated rings. The lowest BCUT2D eigenvalue weighted by Crippen LogP contribution is -2.19. The molecule has 0 aliphatic carbocycles. The molecule has 1 N–H and O–H groups in total. The van der Waals surface area contributed by atoms with E-state index in [2.05, 4.69) is 10.4 Å². The predicted molar refractivity (Wildman–Crippen MR) is 103 cm³/mol. The Morgan fingerprint density at radius 2 is 2.04 bits per heavy atom. The largest absolute Gasteiger partial charge is 0.348 e. The third-order valence-electron chi connectivity index (χ3n) is 3.70. The molecule has 3 aromatic rings. The van der Waals surface area contributed by atoms with Crippen LogP contribution in [0.4, 0.5) is 5.69 Å². The Labute approximate surface area is 160 Å². The summed E-state index contributed by atoms with van der Waals surface area (Å²) in [5.41, 5.74) is 2.26. The van der Waals surface area contributed by atoms with E-state index in [1.807, 2.05) is 18.3 Å². The van der Waals surface area contributed by atoms with Crippen LogP contribution in [0, 0.1) is 10.1 Å². The number of nitro benzene ring substituents is 1. The summed E-state index contributed by atoms with van der Waals surface area (Å²) in [4.78, 5) is 22.2. The molecule has 0 saturated carbocycles. The van der Waals surface area contributed by atoms with Gasteiger partial charge in [0.15, 0.2) is 0 Å². The summed E-state index contributed by atoms with van der Waals surface area (Å²) in [5, 5.41) is 18.4. The van der Waals surface area contributed by atoms with E-state index >= 15 is 0 Å². The molecule has 8 heteroatoms. The monoisotopic (exact) mass is 382 g/mol. The summed E-state index contributed by atoms with van der Waals surface area (Å²) in [6.45, 7) is 0.311. The Morgan fingerprint density at radius 3 is 2.78 bits per heavy atom. The smallest absolute Gasteiger partial charge is 0.270 e. The third-order valence-corrected chi connectivity index (χ3v) is 3.95. The third kappa shape index (κ3) is 5.02. The van der Waals surface area contributed by atoms with Crippen molar-refractivity contribution in [2.45, 2.75) is 6.54 Å². The van der Waals surface area contributed by atoms with Crippen LogP contribution in [-0.2, 0) is 11.3 Å². The molecule has 3 rings (SSSR count). The minimum atomic E-state index is -0.476. The van der Waals surface area contributed by atoms with Gasteiger partial charge in [-0.25, -0.2) is 4.68 Å². The van der Waals surface area contributed by atoms with Crippen LogP contribution in [0.15, 0.2) is 67.0 Å². The fraction of sp³-hybridized carbons (Fsp3) is 0.0526. The van der Waals surface area contributed by atoms with Crippen LogP contribution in [0.5, 0.6) is 0 Å². The molecule has 0 unspecified atom stereocenters. The van der Waals surface area contributed by atoms with Gasteiger partial charge in [-0.1, -0.05) is 23.7 Å². The summed E-state index contributed by atoms with van der Waals surface area (Å²) in [6, 6.07) is 13.3. The number of hydrogen-bond donors (Lipinski definition) is 1. The summed E-state index contributed by atoms with van der Waals surface area (Å²) < 4.78 is 1.69. The maximum Gasteiger partial charge on any atom is 0.270 e. The molecular weight excluding hydrogens is 368 g/mol. The lowest BCUT2D eigenvalue weighted by Gasteiger charge is -2.01. The van der Waals surface area contributed by atoms with E-state index in [0.717, 1.165) is 11.3 Å². The van der Waals surface area contributed by atoms with Gasteiger partial charge in [0.2, 0.25) is 5.91 Å². The molecule has 1 amide bonds. The van der Waals surface area contributed by atoms with Crippen LogP contribution < -0.4 is 5.32 Å². The van der Waals surface area contributed by atoms with Crippen LogP contribution >= 0.6 is 11.6 Å². The average Bonchev–Trinajstić information content (AvgIpc) is 3.14. The molecule has 0 aliphatic heterocycles. The first-order valence-corrected chi connectivity index (χ1v) is 8.39. The summed E-state index contributed by atoms with van der Waals surface area (Å²) >= 11 is 5.87. The maximum absolute atomic E-state index is 11.9. The van der Waals surface area contributed by atoms with Gasteiger partial charge in [0, 0.05) is 41.5 Å². The molecule has 2 aromatic carbocycles. The normalized spacial score (nSPS) is 10.9. The van der Waals surface area contributed by atoms with E-state index in [9.17, 15) is 14.9 Å². The highest BCUT2D eigenvalue weighted by Gasteiger charge is 2.05. The highest BCUT2D eigenvalue weighted by molar-refractivity contribution is 6.30. The highest BCUT2D eigenvalue weighted by Crippen LogP contribution is 2.15. The number of aromatic nitrogens is 2. The van der Waals surface area contributed by atoms with Crippen molar-refractivity contribution in [3.63, 3.8) is 0 Å². The van der Waals surface area contributed by atoms with Crippen molar-refractivity contribution in [2.24, 2.45) is 0 Å². The van der Waals surface area contributed by atoms with Gasteiger partial charge in [-0.15, -0.1) is 0 Å². The Bertz CT molecular complexity index is 996. The lowest BCUT2D eigenvalue weighted by molar-refractivity contribution is -0.384. The number of non-ortho nitro benzene ring substituents is 1. The van der Waals surface area contributed by atoms with Gasteiger partial charge in [0.05, 0.1) is 16.8 Å². The quantitative estimate of drug-likeness (QED) is 0.399. The highest BCUT2D eigenvalue weighted by atomic mass is 35.5. The Morgan fingerprint density at radius 1 is 1.26 bits per heavy atom. The van der Waals surface area contributed by atoms with E-state index < -0.39 is 4.92 Å². The molecule has 0 radical (unpaired) electrons. The Balaban J connectivity index is 1.57. The Kier molecular flexibility index (Phi) is 5.63. The number of amides is 1. The number of benzene rings is 2. The molecule has 0 bridgehead atoms. The van der Waals surface area contributed by atoms with Crippen molar-refractivity contribution in [2.75, 3.05) is 0 Å². The first-order valence-electron chi connectivity index (χ1n) is 8.01. The topological polar surface area (TPSA) is 90.1 Å². The molecule has 0 saturated heterocycles. The zero-order valence-electron chi connectivity index (χ0n) is 14.1. The number of rotatable bonds is 6. The number of halogens is 1. The summed E-state index contributed by atoms with van der Waals surface area (Å²) in [7, 11) is 0. The summed E-state index contributed by atoms with van der Waals surface area (Å²) in [5.74, 6) is -0.305. The second kappa shape index (κ2) is 8.29. The summed E-state index contributed by atoms with van der Waals surface area (Å²) in [6.07, 6.45) is 6.34. The van der Waals surface area contributed by atoms with Gasteiger partial charge < -0.3 is 5.32 Å². The van der Waals surface area contributed by atoms with Gasteiger partial charge in [0.25, 0.3) is 5.69 Å². The predicted octanol–water partition coefficient (Wildman–Crippen LogP) is 3.76. The van der Waals surface area contributed by atoms with Crippen molar-refractivity contribution in [1.82, 2.24) is 15.1 Å². The van der Waals surface area contributed by atoms with Gasteiger partial charge >= 0.3 is 0 Å². The number of carbonyl (C=O) groups excluding carboxylic acids is 1. The van der Waals surface area contributed by atoms with Crippen molar-refractivity contribution in [1.29, 1.82) is 0 Å². The SMILES string of the molecule is O=C(/C=C/c1cccc([N+](=O)[O-])c1)NCc1cnn(-c2ccc(Cl)cc2)c1. The van der Waals surface area contributed by atoms with Gasteiger partial charge in [-0.3, -0.25) is 14.9 Å². The number of hydrogen-bond acceptors (Lipinski definition) is 4. The van der Waals surface area contributed by atoms with E-state index in [1.54, 1.807) is 35.1 Å². The van der Waals surface area contributed by atoms with E-state index in [1.165, 1.54) is 24.3 Å². The van der Waals surface area contributed by atoms with E-state index in [0.29, 0.717) is 17.1 Å². The van der Waals surface area contributed by atoms with Crippen LogP contribution in [0.3, 0.4) is 0 Å².